The van der Waals surface area contributed by atoms with Crippen LogP contribution in [-0.2, 0) is 4.79 Å². The van der Waals surface area contributed by atoms with E-state index in [0.717, 1.165) is 31.6 Å². The fourth-order valence-corrected chi connectivity index (χ4v) is 3.11. The summed E-state index contributed by atoms with van der Waals surface area (Å²) in [5.74, 6) is -0.260. The fourth-order valence-electron chi connectivity index (χ4n) is 3.11. The van der Waals surface area contributed by atoms with Crippen molar-refractivity contribution in [3.8, 4) is 0 Å². The first kappa shape index (κ1) is 23.9. The number of amides is 3. The quantitative estimate of drug-likeness (QED) is 0.609. The second kappa shape index (κ2) is 11.7. The van der Waals surface area contributed by atoms with E-state index in [-0.39, 0.29) is 24.3 Å². The Morgan fingerprint density at radius 2 is 1.23 bits per heavy atom. The van der Waals surface area contributed by atoms with Crippen molar-refractivity contribution < 1.29 is 14.4 Å². The molecule has 0 fully saturated rings. The van der Waals surface area contributed by atoms with Gasteiger partial charge in [-0.25, -0.2) is 0 Å². The Balaban J connectivity index is 1.88. The lowest BCUT2D eigenvalue weighted by Gasteiger charge is -2.21. The molecule has 0 unspecified atom stereocenters. The van der Waals surface area contributed by atoms with Gasteiger partial charge in [-0.3, -0.25) is 14.4 Å². The molecule has 0 aliphatic rings. The van der Waals surface area contributed by atoms with Crippen LogP contribution in [0.3, 0.4) is 0 Å². The normalized spacial score (nSPS) is 10.3. The van der Waals surface area contributed by atoms with Crippen molar-refractivity contribution in [2.75, 3.05) is 44.4 Å². The van der Waals surface area contributed by atoms with Crippen LogP contribution in [0.4, 0.5) is 11.4 Å². The van der Waals surface area contributed by atoms with E-state index >= 15 is 0 Å². The molecule has 0 atom stereocenters. The molecule has 0 spiro atoms. The molecule has 2 aromatic carbocycles. The summed E-state index contributed by atoms with van der Waals surface area (Å²) in [6.45, 7) is 5.67. The number of carbonyl (C=O) groups is 3. The van der Waals surface area contributed by atoms with Gasteiger partial charge in [-0.15, -0.1) is 0 Å². The minimum atomic E-state index is -0.203. The summed E-state index contributed by atoms with van der Waals surface area (Å²) in [4.78, 5) is 40.1. The van der Waals surface area contributed by atoms with Gasteiger partial charge in [0.25, 0.3) is 11.8 Å². The average Bonchev–Trinajstić information content (AvgIpc) is 2.77. The van der Waals surface area contributed by atoms with Crippen LogP contribution in [-0.4, -0.2) is 61.3 Å². The van der Waals surface area contributed by atoms with Crippen LogP contribution in [0.2, 0.25) is 0 Å². The molecule has 3 amide bonds. The van der Waals surface area contributed by atoms with Crippen LogP contribution >= 0.6 is 0 Å². The third kappa shape index (κ3) is 7.13. The molecule has 31 heavy (non-hydrogen) atoms. The molecule has 7 nitrogen and oxygen atoms in total. The molecule has 0 saturated carbocycles. The lowest BCUT2D eigenvalue weighted by Crippen LogP contribution is -2.32. The van der Waals surface area contributed by atoms with E-state index < -0.39 is 0 Å². The minimum absolute atomic E-state index is 0.0134. The van der Waals surface area contributed by atoms with E-state index in [9.17, 15) is 14.4 Å². The van der Waals surface area contributed by atoms with E-state index in [1.54, 1.807) is 62.6 Å². The van der Waals surface area contributed by atoms with Crippen LogP contribution in [0, 0.1) is 0 Å². The molecule has 0 bridgehead atoms. The second-order valence-electron chi connectivity index (χ2n) is 7.55. The summed E-state index contributed by atoms with van der Waals surface area (Å²) in [7, 11) is 3.40. The number of benzene rings is 2. The fraction of sp³-hybridized carbons (Fsp3) is 0.375. The topological polar surface area (TPSA) is 81.8 Å². The van der Waals surface area contributed by atoms with Gasteiger partial charge in [0.2, 0.25) is 5.91 Å². The van der Waals surface area contributed by atoms with Gasteiger partial charge in [0.1, 0.15) is 0 Å². The zero-order valence-electron chi connectivity index (χ0n) is 18.8. The molecule has 166 valence electrons. The summed E-state index contributed by atoms with van der Waals surface area (Å²) >= 11 is 0. The van der Waals surface area contributed by atoms with Gasteiger partial charge in [0, 0.05) is 49.7 Å². The minimum Gasteiger partial charge on any atom is -0.376 e. The van der Waals surface area contributed by atoms with Gasteiger partial charge in [0.15, 0.2) is 0 Å². The van der Waals surface area contributed by atoms with E-state index in [2.05, 4.69) is 24.5 Å². The highest BCUT2D eigenvalue weighted by atomic mass is 16.2. The SMILES string of the molecule is CCCN(CCC)C(=O)c1ccc(NC(=O)CNc2ccc(C(=O)N(C)C)cc2)cc1. The van der Waals surface area contributed by atoms with Crippen molar-refractivity contribution in [2.45, 2.75) is 26.7 Å². The maximum atomic E-state index is 12.6. The lowest BCUT2D eigenvalue weighted by molar-refractivity contribution is -0.114. The van der Waals surface area contributed by atoms with Gasteiger partial charge < -0.3 is 20.4 Å². The third-order valence-corrected chi connectivity index (χ3v) is 4.68. The molecular formula is C24H32N4O3. The van der Waals surface area contributed by atoms with Crippen molar-refractivity contribution in [3.63, 3.8) is 0 Å². The number of rotatable bonds is 10. The lowest BCUT2D eigenvalue weighted by atomic mass is 10.1. The van der Waals surface area contributed by atoms with Crippen LogP contribution in [0.25, 0.3) is 0 Å². The Kier molecular flexibility index (Phi) is 9.06. The molecule has 2 rings (SSSR count). The Labute approximate surface area is 184 Å². The summed E-state index contributed by atoms with van der Waals surface area (Å²) in [5.41, 5.74) is 2.59. The smallest absolute Gasteiger partial charge is 0.253 e. The van der Waals surface area contributed by atoms with Gasteiger partial charge in [0.05, 0.1) is 6.54 Å². The van der Waals surface area contributed by atoms with E-state index in [0.29, 0.717) is 16.8 Å². The highest BCUT2D eigenvalue weighted by Crippen LogP contribution is 2.13. The predicted octanol–water partition coefficient (Wildman–Crippen LogP) is 3.70. The van der Waals surface area contributed by atoms with Crippen molar-refractivity contribution >= 4 is 29.1 Å². The van der Waals surface area contributed by atoms with Crippen LogP contribution in [0.5, 0.6) is 0 Å². The molecule has 0 radical (unpaired) electrons. The highest BCUT2D eigenvalue weighted by Gasteiger charge is 2.14. The summed E-state index contributed by atoms with van der Waals surface area (Å²) in [5, 5.41) is 5.85. The zero-order valence-corrected chi connectivity index (χ0v) is 18.8. The number of hydrogen-bond donors (Lipinski definition) is 2. The third-order valence-electron chi connectivity index (χ3n) is 4.68. The molecule has 2 N–H and O–H groups in total. The molecule has 0 saturated heterocycles. The number of anilines is 2. The molecule has 0 aliphatic carbocycles. The van der Waals surface area contributed by atoms with Crippen molar-refractivity contribution in [1.82, 2.24) is 9.80 Å². The predicted molar refractivity (Wildman–Crippen MR) is 125 cm³/mol. The van der Waals surface area contributed by atoms with Gasteiger partial charge in [-0.1, -0.05) is 13.8 Å². The second-order valence-corrected chi connectivity index (χ2v) is 7.55. The van der Waals surface area contributed by atoms with Crippen molar-refractivity contribution in [2.24, 2.45) is 0 Å². The first-order valence-electron chi connectivity index (χ1n) is 10.6. The molecule has 0 aliphatic heterocycles. The Bertz CT molecular complexity index is 871. The molecule has 0 heterocycles. The summed E-state index contributed by atoms with van der Waals surface area (Å²) in [6.07, 6.45) is 1.84. The zero-order chi connectivity index (χ0) is 22.8. The summed E-state index contributed by atoms with van der Waals surface area (Å²) < 4.78 is 0. The monoisotopic (exact) mass is 424 g/mol. The molecular weight excluding hydrogens is 392 g/mol. The van der Waals surface area contributed by atoms with E-state index in [1.807, 2.05) is 4.90 Å². The number of nitrogens with zero attached hydrogens (tertiary/aromatic N) is 2. The maximum Gasteiger partial charge on any atom is 0.253 e. The van der Waals surface area contributed by atoms with Gasteiger partial charge in [-0.2, -0.15) is 0 Å². The average molecular weight is 425 g/mol. The molecule has 0 aromatic heterocycles. The van der Waals surface area contributed by atoms with Crippen molar-refractivity contribution in [3.05, 3.63) is 59.7 Å². The molecule has 2 aromatic rings. The summed E-state index contributed by atoms with van der Waals surface area (Å²) in [6, 6.07) is 13.9. The van der Waals surface area contributed by atoms with E-state index in [4.69, 9.17) is 0 Å². The van der Waals surface area contributed by atoms with Gasteiger partial charge in [-0.05, 0) is 61.4 Å². The Morgan fingerprint density at radius 1 is 0.742 bits per heavy atom. The Morgan fingerprint density at radius 3 is 1.71 bits per heavy atom. The van der Waals surface area contributed by atoms with E-state index in [1.165, 1.54) is 4.90 Å². The first-order valence-corrected chi connectivity index (χ1v) is 10.6. The maximum absolute atomic E-state index is 12.6. The van der Waals surface area contributed by atoms with Gasteiger partial charge >= 0.3 is 0 Å². The first-order chi connectivity index (χ1) is 14.8. The molecule has 7 heteroatoms. The standard InChI is InChI=1S/C24H32N4O3/c1-5-15-28(16-6-2)24(31)19-9-13-21(14-10-19)26-22(29)17-25-20-11-7-18(8-12-20)23(30)27(3)4/h7-14,25H,5-6,15-17H2,1-4H3,(H,26,29). The highest BCUT2D eigenvalue weighted by molar-refractivity contribution is 5.97. The Hall–Kier alpha value is -3.35. The number of carbonyl (C=O) groups excluding carboxylic acids is 3. The van der Waals surface area contributed by atoms with Crippen LogP contribution in [0.1, 0.15) is 47.4 Å². The van der Waals surface area contributed by atoms with Crippen LogP contribution < -0.4 is 10.6 Å². The number of nitrogens with one attached hydrogen (secondary N) is 2. The van der Waals surface area contributed by atoms with Crippen LogP contribution in [0.15, 0.2) is 48.5 Å². The van der Waals surface area contributed by atoms with Crippen molar-refractivity contribution in [1.29, 1.82) is 0 Å². The number of hydrogen-bond acceptors (Lipinski definition) is 4. The largest absolute Gasteiger partial charge is 0.376 e.